The van der Waals surface area contributed by atoms with Gasteiger partial charge >= 0.3 is 0 Å². The smallest absolute Gasteiger partial charge is 0.164 e. The molecule has 1 aromatic heterocycles. The third-order valence-electron chi connectivity index (χ3n) is 2.34. The minimum Gasteiger partial charge on any atom is -0.485 e. The lowest BCUT2D eigenvalue weighted by molar-refractivity contribution is 0.289. The van der Waals surface area contributed by atoms with E-state index in [2.05, 4.69) is 10.1 Å². The number of nitrogens with zero attached hydrogens (tertiary/aromatic N) is 3. The van der Waals surface area contributed by atoms with Crippen molar-refractivity contribution in [3.8, 4) is 5.75 Å². The average Bonchev–Trinajstić information content (AvgIpc) is 2.72. The third-order valence-corrected chi connectivity index (χ3v) is 2.34. The van der Waals surface area contributed by atoms with E-state index in [1.807, 2.05) is 12.1 Å². The van der Waals surface area contributed by atoms with Gasteiger partial charge in [-0.1, -0.05) is 12.1 Å². The Labute approximate surface area is 98.5 Å². The number of benzene rings is 1. The number of aromatic nitrogens is 3. The molecule has 17 heavy (non-hydrogen) atoms. The number of nitrogen functional groups attached to an aromatic ring is 1. The lowest BCUT2D eigenvalue weighted by Crippen LogP contribution is -2.13. The number of hydrogen-bond donors (Lipinski definition) is 2. The number of aryl methyl sites for hydroxylation is 1. The van der Waals surface area contributed by atoms with E-state index in [0.29, 0.717) is 23.7 Å². The van der Waals surface area contributed by atoms with Crippen LogP contribution in [0.4, 0.5) is 0 Å². The Morgan fingerprint density at radius 3 is 2.88 bits per heavy atom. The molecule has 6 nitrogen and oxygen atoms in total. The van der Waals surface area contributed by atoms with Crippen molar-refractivity contribution in [2.75, 3.05) is 0 Å². The Bertz CT molecular complexity index is 534. The molecular weight excluding hydrogens is 218 g/mol. The quantitative estimate of drug-likeness (QED) is 0.598. The van der Waals surface area contributed by atoms with Gasteiger partial charge in [0.05, 0.1) is 5.56 Å². The van der Waals surface area contributed by atoms with E-state index in [4.69, 9.17) is 15.9 Å². The molecule has 88 valence electrons. The monoisotopic (exact) mass is 231 g/mol. The summed E-state index contributed by atoms with van der Waals surface area (Å²) in [6, 6.07) is 7.16. The van der Waals surface area contributed by atoms with Gasteiger partial charge in [-0.25, -0.2) is 4.98 Å². The van der Waals surface area contributed by atoms with Crippen molar-refractivity contribution in [1.82, 2.24) is 14.8 Å². The standard InChI is InChI=1S/C11H13N5O/c1-16-10(14-7-15-16)6-17-9-5-3-2-4-8(9)11(12)13/h2-5,7H,6H2,1H3,(H3,12,13). The molecule has 1 heterocycles. The zero-order chi connectivity index (χ0) is 12.3. The molecule has 3 N–H and O–H groups in total. The second kappa shape index (κ2) is 4.65. The molecule has 0 fully saturated rings. The molecular formula is C11H13N5O. The summed E-state index contributed by atoms with van der Waals surface area (Å²) in [5.74, 6) is 1.27. The van der Waals surface area contributed by atoms with Crippen LogP contribution in [0.25, 0.3) is 0 Å². The summed E-state index contributed by atoms with van der Waals surface area (Å²) >= 11 is 0. The van der Waals surface area contributed by atoms with E-state index in [1.165, 1.54) is 6.33 Å². The van der Waals surface area contributed by atoms with Gasteiger partial charge in [0.15, 0.2) is 5.82 Å². The van der Waals surface area contributed by atoms with E-state index in [-0.39, 0.29) is 5.84 Å². The van der Waals surface area contributed by atoms with Crippen LogP contribution in [0.5, 0.6) is 5.75 Å². The molecule has 1 aromatic carbocycles. The summed E-state index contributed by atoms with van der Waals surface area (Å²) in [7, 11) is 1.79. The van der Waals surface area contributed by atoms with Crippen molar-refractivity contribution in [3.63, 3.8) is 0 Å². The minimum atomic E-state index is -0.0152. The number of nitrogens with one attached hydrogen (secondary N) is 1. The molecule has 2 rings (SSSR count). The second-order valence-electron chi connectivity index (χ2n) is 3.50. The Kier molecular flexibility index (Phi) is 3.04. The van der Waals surface area contributed by atoms with Crippen molar-refractivity contribution in [1.29, 1.82) is 5.41 Å². The van der Waals surface area contributed by atoms with Crippen LogP contribution in [0.2, 0.25) is 0 Å². The molecule has 6 heteroatoms. The van der Waals surface area contributed by atoms with E-state index < -0.39 is 0 Å². The highest BCUT2D eigenvalue weighted by atomic mass is 16.5. The normalized spacial score (nSPS) is 10.2. The molecule has 0 bridgehead atoms. The minimum absolute atomic E-state index is 0.0152. The van der Waals surface area contributed by atoms with Crippen LogP contribution >= 0.6 is 0 Å². The summed E-state index contributed by atoms with van der Waals surface area (Å²) in [5, 5.41) is 11.4. The van der Waals surface area contributed by atoms with E-state index in [0.717, 1.165) is 0 Å². The number of nitrogens with two attached hydrogens (primary N) is 1. The Hall–Kier alpha value is -2.37. The van der Waals surface area contributed by atoms with Gasteiger partial charge < -0.3 is 10.5 Å². The highest BCUT2D eigenvalue weighted by molar-refractivity contribution is 5.97. The van der Waals surface area contributed by atoms with Crippen molar-refractivity contribution in [2.45, 2.75) is 6.61 Å². The van der Waals surface area contributed by atoms with Crippen molar-refractivity contribution < 1.29 is 4.74 Å². The maximum absolute atomic E-state index is 7.44. The van der Waals surface area contributed by atoms with Gasteiger partial charge in [0.1, 0.15) is 24.5 Å². The van der Waals surface area contributed by atoms with Crippen LogP contribution in [0, 0.1) is 5.41 Å². The van der Waals surface area contributed by atoms with Gasteiger partial charge in [-0.05, 0) is 12.1 Å². The summed E-state index contributed by atoms with van der Waals surface area (Å²) in [4.78, 5) is 4.05. The number of amidine groups is 1. The zero-order valence-corrected chi connectivity index (χ0v) is 9.42. The Balaban J connectivity index is 2.14. The fourth-order valence-electron chi connectivity index (χ4n) is 1.41. The first kappa shape index (κ1) is 11.1. The highest BCUT2D eigenvalue weighted by Crippen LogP contribution is 2.18. The molecule has 0 aliphatic heterocycles. The van der Waals surface area contributed by atoms with Crippen LogP contribution in [0.15, 0.2) is 30.6 Å². The SMILES string of the molecule is Cn1ncnc1COc1ccccc1C(=N)N. The summed E-state index contributed by atoms with van der Waals surface area (Å²) in [6.45, 7) is 0.292. The fraction of sp³-hybridized carbons (Fsp3) is 0.182. The van der Waals surface area contributed by atoms with Crippen molar-refractivity contribution in [3.05, 3.63) is 42.0 Å². The first-order valence-electron chi connectivity index (χ1n) is 5.07. The fourth-order valence-corrected chi connectivity index (χ4v) is 1.41. The van der Waals surface area contributed by atoms with E-state index in [1.54, 1.807) is 23.9 Å². The number of para-hydroxylation sites is 1. The first-order chi connectivity index (χ1) is 8.18. The molecule has 0 atom stereocenters. The largest absolute Gasteiger partial charge is 0.485 e. The van der Waals surface area contributed by atoms with Crippen LogP contribution in [0.1, 0.15) is 11.4 Å². The maximum Gasteiger partial charge on any atom is 0.164 e. The second-order valence-corrected chi connectivity index (χ2v) is 3.50. The Morgan fingerprint density at radius 2 is 2.24 bits per heavy atom. The molecule has 0 amide bonds. The lowest BCUT2D eigenvalue weighted by Gasteiger charge is -2.09. The van der Waals surface area contributed by atoms with Gasteiger partial charge in [-0.2, -0.15) is 5.10 Å². The molecule has 2 aromatic rings. The Morgan fingerprint density at radius 1 is 1.47 bits per heavy atom. The van der Waals surface area contributed by atoms with Gasteiger partial charge in [-0.15, -0.1) is 0 Å². The predicted molar refractivity (Wildman–Crippen MR) is 62.8 cm³/mol. The number of rotatable bonds is 4. The molecule has 0 radical (unpaired) electrons. The van der Waals surface area contributed by atoms with Crippen molar-refractivity contribution in [2.24, 2.45) is 12.8 Å². The topological polar surface area (TPSA) is 89.8 Å². The van der Waals surface area contributed by atoms with Crippen LogP contribution in [0.3, 0.4) is 0 Å². The molecule has 0 aliphatic carbocycles. The molecule has 0 saturated heterocycles. The van der Waals surface area contributed by atoms with Crippen LogP contribution in [-0.4, -0.2) is 20.6 Å². The first-order valence-corrected chi connectivity index (χ1v) is 5.07. The summed E-state index contributed by atoms with van der Waals surface area (Å²) < 4.78 is 7.21. The average molecular weight is 231 g/mol. The third kappa shape index (κ3) is 2.41. The summed E-state index contributed by atoms with van der Waals surface area (Å²) in [5.41, 5.74) is 6.04. The number of hydrogen-bond acceptors (Lipinski definition) is 4. The molecule has 0 unspecified atom stereocenters. The van der Waals surface area contributed by atoms with Crippen LogP contribution < -0.4 is 10.5 Å². The number of ether oxygens (including phenoxy) is 1. The van der Waals surface area contributed by atoms with Gasteiger partial charge in [0, 0.05) is 7.05 Å². The van der Waals surface area contributed by atoms with Crippen LogP contribution in [-0.2, 0) is 13.7 Å². The highest BCUT2D eigenvalue weighted by Gasteiger charge is 2.07. The molecule has 0 saturated carbocycles. The predicted octanol–water partition coefficient (Wildman–Crippen LogP) is 0.678. The molecule has 0 spiro atoms. The van der Waals surface area contributed by atoms with E-state index >= 15 is 0 Å². The zero-order valence-electron chi connectivity index (χ0n) is 9.42. The summed E-state index contributed by atoms with van der Waals surface area (Å²) in [6.07, 6.45) is 1.47. The molecule has 0 aliphatic rings. The van der Waals surface area contributed by atoms with Gasteiger partial charge in [-0.3, -0.25) is 10.1 Å². The lowest BCUT2D eigenvalue weighted by atomic mass is 10.2. The van der Waals surface area contributed by atoms with Gasteiger partial charge in [0.2, 0.25) is 0 Å². The maximum atomic E-state index is 7.44. The van der Waals surface area contributed by atoms with E-state index in [9.17, 15) is 0 Å². The van der Waals surface area contributed by atoms with Crippen molar-refractivity contribution >= 4 is 5.84 Å². The van der Waals surface area contributed by atoms with Gasteiger partial charge in [0.25, 0.3) is 0 Å².